The topological polar surface area (TPSA) is 101 Å². The number of pyridine rings is 1. The molecular formula is C37H33N8+. The van der Waals surface area contributed by atoms with Crippen molar-refractivity contribution in [2.24, 2.45) is 0 Å². The summed E-state index contributed by atoms with van der Waals surface area (Å²) in [4.78, 5) is 17.2. The molecule has 0 fully saturated rings. The van der Waals surface area contributed by atoms with Crippen LogP contribution < -0.4 is 25.8 Å². The van der Waals surface area contributed by atoms with Crippen molar-refractivity contribution in [3.8, 4) is 11.3 Å². The number of anilines is 8. The monoisotopic (exact) mass is 589 g/mol. The molecule has 4 N–H and O–H groups in total. The van der Waals surface area contributed by atoms with E-state index in [2.05, 4.69) is 117 Å². The highest BCUT2D eigenvalue weighted by molar-refractivity contribution is 6.03. The number of nitrogens with two attached hydrogens (primary N) is 2. The van der Waals surface area contributed by atoms with Gasteiger partial charge in [-0.05, 0) is 53.4 Å². The number of aromatic nitrogens is 4. The van der Waals surface area contributed by atoms with Crippen LogP contribution in [0.5, 0.6) is 0 Å². The minimum Gasteiger partial charge on any atom is -0.368 e. The van der Waals surface area contributed by atoms with Crippen LogP contribution in [0, 0.1) is 0 Å². The minimum absolute atomic E-state index is 0.0726. The molecular weight excluding hydrogens is 556 g/mol. The highest BCUT2D eigenvalue weighted by atomic mass is 15.4. The number of nitrogens with zero attached hydrogens (tertiary/aromatic N) is 6. The summed E-state index contributed by atoms with van der Waals surface area (Å²) >= 11 is 0. The van der Waals surface area contributed by atoms with Crippen LogP contribution in [0.3, 0.4) is 0 Å². The van der Waals surface area contributed by atoms with Gasteiger partial charge >= 0.3 is 0 Å². The highest BCUT2D eigenvalue weighted by Crippen LogP contribution is 2.54. The maximum Gasteiger partial charge on any atom is 0.241 e. The Kier molecular flexibility index (Phi) is 5.90. The van der Waals surface area contributed by atoms with Crippen LogP contribution in [-0.4, -0.2) is 15.0 Å². The molecule has 0 aliphatic carbocycles. The molecule has 0 bridgehead atoms. The smallest absolute Gasteiger partial charge is 0.241 e. The summed E-state index contributed by atoms with van der Waals surface area (Å²) in [5, 5.41) is 2.45. The Hall–Kier alpha value is -5.76. The van der Waals surface area contributed by atoms with Gasteiger partial charge in [-0.3, -0.25) is 4.90 Å². The van der Waals surface area contributed by atoms with Crippen molar-refractivity contribution in [1.82, 2.24) is 15.0 Å². The third-order valence-electron chi connectivity index (χ3n) is 9.48. The molecule has 0 amide bonds. The van der Waals surface area contributed by atoms with E-state index in [1.807, 2.05) is 29.2 Å². The van der Waals surface area contributed by atoms with Gasteiger partial charge in [0, 0.05) is 30.2 Å². The molecule has 220 valence electrons. The average Bonchev–Trinajstić information content (AvgIpc) is 3.06. The van der Waals surface area contributed by atoms with Gasteiger partial charge in [0.15, 0.2) is 11.7 Å². The molecule has 45 heavy (non-hydrogen) atoms. The van der Waals surface area contributed by atoms with E-state index >= 15 is 0 Å². The van der Waals surface area contributed by atoms with Crippen LogP contribution in [0.1, 0.15) is 32.3 Å². The van der Waals surface area contributed by atoms with Gasteiger partial charge in [-0.25, -0.2) is 0 Å². The van der Waals surface area contributed by atoms with Gasteiger partial charge in [0.25, 0.3) is 0 Å². The zero-order chi connectivity index (χ0) is 30.9. The molecule has 8 rings (SSSR count). The minimum atomic E-state index is -0.201. The molecule has 8 heteroatoms. The van der Waals surface area contributed by atoms with Crippen molar-refractivity contribution in [2.75, 3.05) is 21.3 Å². The van der Waals surface area contributed by atoms with Crippen LogP contribution in [0.2, 0.25) is 0 Å². The van der Waals surface area contributed by atoms with Crippen molar-refractivity contribution in [3.63, 3.8) is 0 Å². The zero-order valence-electron chi connectivity index (χ0n) is 25.3. The number of benzene rings is 4. The van der Waals surface area contributed by atoms with Gasteiger partial charge < -0.3 is 16.4 Å². The van der Waals surface area contributed by atoms with Crippen LogP contribution >= 0.6 is 0 Å². The van der Waals surface area contributed by atoms with Crippen molar-refractivity contribution >= 4 is 62.6 Å². The number of hydrogen-bond donors (Lipinski definition) is 2. The lowest BCUT2D eigenvalue weighted by atomic mass is 9.75. The molecule has 0 saturated carbocycles. The Bertz CT molecular complexity index is 2100. The second kappa shape index (κ2) is 9.89. The fraction of sp³-hybridized carbons (Fsp3) is 0.135. The molecule has 2 aliphatic heterocycles. The molecule has 4 heterocycles. The SMILES string of the molecule is C=C1c2ccc(N3c4ccccc4N(c4nc(N)nc(N)n4)c4ccccc43)cc2-c2c3ccccc3cc[n+]2C1(CC)CC. The van der Waals surface area contributed by atoms with E-state index in [-0.39, 0.29) is 17.4 Å². The normalized spacial score (nSPS) is 14.5. The van der Waals surface area contributed by atoms with Crippen molar-refractivity contribution in [3.05, 3.63) is 115 Å². The van der Waals surface area contributed by atoms with Gasteiger partial charge in [-0.15, -0.1) is 0 Å². The molecule has 0 radical (unpaired) electrons. The number of para-hydroxylation sites is 4. The third-order valence-corrected chi connectivity index (χ3v) is 9.48. The van der Waals surface area contributed by atoms with Gasteiger partial charge in [-0.1, -0.05) is 69.0 Å². The van der Waals surface area contributed by atoms with Crippen molar-refractivity contribution in [2.45, 2.75) is 32.2 Å². The van der Waals surface area contributed by atoms with Gasteiger partial charge in [0.1, 0.15) is 0 Å². The van der Waals surface area contributed by atoms with Crippen molar-refractivity contribution in [1.29, 1.82) is 0 Å². The van der Waals surface area contributed by atoms with E-state index in [9.17, 15) is 0 Å². The summed E-state index contributed by atoms with van der Waals surface area (Å²) in [5.41, 5.74) is 21.4. The van der Waals surface area contributed by atoms with Crippen LogP contribution in [0.25, 0.3) is 27.6 Å². The predicted octanol–water partition coefficient (Wildman–Crippen LogP) is 7.94. The largest absolute Gasteiger partial charge is 0.368 e. The van der Waals surface area contributed by atoms with Crippen LogP contribution in [-0.2, 0) is 5.54 Å². The fourth-order valence-electron chi connectivity index (χ4n) is 7.33. The summed E-state index contributed by atoms with van der Waals surface area (Å²) in [6.07, 6.45) is 4.16. The first-order valence-electron chi connectivity index (χ1n) is 15.3. The van der Waals surface area contributed by atoms with E-state index in [0.717, 1.165) is 46.9 Å². The second-order valence-electron chi connectivity index (χ2n) is 11.6. The molecule has 2 aromatic heterocycles. The van der Waals surface area contributed by atoms with E-state index < -0.39 is 0 Å². The summed E-state index contributed by atoms with van der Waals surface area (Å²) in [5.74, 6) is 0.514. The number of nitrogen functional groups attached to an aromatic ring is 2. The molecule has 8 nitrogen and oxygen atoms in total. The van der Waals surface area contributed by atoms with Gasteiger partial charge in [0.05, 0.1) is 33.7 Å². The first kappa shape index (κ1) is 26.8. The standard InChI is InChI=1S/C37H33N8/c1-4-37(5-2)23(3)26-19-18-25(22-28(26)33-27-13-7-6-12-24(27)20-21-43(33)37)44-29-14-8-10-16-31(29)45(32-17-11-9-15-30(32)44)36-41-34(38)40-35(39)42-36/h6-22H,3-5H2,1-2H3,(H4,38,39,40,41,42)/q+1. The molecule has 0 unspecified atom stereocenters. The molecule has 2 aliphatic rings. The maximum atomic E-state index is 6.03. The third kappa shape index (κ3) is 3.78. The van der Waals surface area contributed by atoms with E-state index in [0.29, 0.717) is 5.95 Å². The zero-order valence-corrected chi connectivity index (χ0v) is 25.3. The quantitative estimate of drug-likeness (QED) is 0.201. The lowest BCUT2D eigenvalue weighted by Crippen LogP contribution is -2.59. The lowest BCUT2D eigenvalue weighted by Gasteiger charge is -2.40. The first-order valence-corrected chi connectivity index (χ1v) is 15.3. The maximum absolute atomic E-state index is 6.03. The Labute approximate surface area is 261 Å². The molecule has 6 aromatic rings. The Morgan fingerprint density at radius 3 is 1.89 bits per heavy atom. The summed E-state index contributed by atoms with van der Waals surface area (Å²) in [6.45, 7) is 9.25. The molecule has 0 spiro atoms. The molecule has 0 saturated heterocycles. The first-order chi connectivity index (χ1) is 21.9. The summed E-state index contributed by atoms with van der Waals surface area (Å²) in [6, 6.07) is 34.1. The second-order valence-corrected chi connectivity index (χ2v) is 11.6. The average molecular weight is 590 g/mol. The van der Waals surface area contributed by atoms with Crippen molar-refractivity contribution < 1.29 is 4.57 Å². The number of fused-ring (bicyclic) bond motifs is 7. The van der Waals surface area contributed by atoms with Gasteiger partial charge in [-0.2, -0.15) is 19.5 Å². The number of rotatable bonds is 4. The predicted molar refractivity (Wildman–Crippen MR) is 182 cm³/mol. The van der Waals surface area contributed by atoms with Crippen LogP contribution in [0.15, 0.2) is 110 Å². The fourth-order valence-corrected chi connectivity index (χ4v) is 7.33. The Morgan fingerprint density at radius 2 is 1.27 bits per heavy atom. The molecule has 0 atom stereocenters. The Balaban J connectivity index is 1.38. The van der Waals surface area contributed by atoms with E-state index in [1.54, 1.807) is 0 Å². The van der Waals surface area contributed by atoms with Crippen LogP contribution in [0.4, 0.5) is 46.3 Å². The van der Waals surface area contributed by atoms with E-state index in [4.69, 9.17) is 18.0 Å². The Morgan fingerprint density at radius 1 is 0.689 bits per heavy atom. The number of allylic oxidation sites excluding steroid dienone is 1. The van der Waals surface area contributed by atoms with E-state index in [1.165, 1.54) is 27.6 Å². The number of hydrogen-bond acceptors (Lipinski definition) is 7. The summed E-state index contributed by atoms with van der Waals surface area (Å²) in [7, 11) is 0. The summed E-state index contributed by atoms with van der Waals surface area (Å²) < 4.78 is 2.47. The molecule has 4 aromatic carbocycles. The van der Waals surface area contributed by atoms with Gasteiger partial charge in [0.2, 0.25) is 23.5 Å². The highest BCUT2D eigenvalue weighted by Gasteiger charge is 2.47. The lowest BCUT2D eigenvalue weighted by molar-refractivity contribution is -0.740.